The highest BCUT2D eigenvalue weighted by Crippen LogP contribution is 2.31. The molecule has 6 nitrogen and oxygen atoms in total. The highest BCUT2D eigenvalue weighted by atomic mass is 16.5. The minimum absolute atomic E-state index is 0.000892. The van der Waals surface area contributed by atoms with E-state index >= 15 is 0 Å². The number of aliphatic hydroxyl groups is 1. The topological polar surface area (TPSA) is 86.0 Å². The van der Waals surface area contributed by atoms with Gasteiger partial charge in [-0.2, -0.15) is 0 Å². The first-order valence-corrected chi connectivity index (χ1v) is 11.6. The maximum Gasteiger partial charge on any atom is 0.161 e. The van der Waals surface area contributed by atoms with Crippen molar-refractivity contribution < 1.29 is 19.3 Å². The summed E-state index contributed by atoms with van der Waals surface area (Å²) in [7, 11) is 3.35. The molecule has 0 aliphatic carbocycles. The van der Waals surface area contributed by atoms with Crippen LogP contribution in [-0.4, -0.2) is 56.8 Å². The molecule has 0 aliphatic rings. The number of hydrogen-bond acceptors (Lipinski definition) is 6. The zero-order valence-electron chi connectivity index (χ0n) is 20.7. The van der Waals surface area contributed by atoms with Gasteiger partial charge in [-0.05, 0) is 62.6 Å². The van der Waals surface area contributed by atoms with Crippen molar-refractivity contribution in [2.45, 2.75) is 78.0 Å². The van der Waals surface area contributed by atoms with E-state index in [1.54, 1.807) is 14.2 Å². The summed E-state index contributed by atoms with van der Waals surface area (Å²) >= 11 is 0. The summed E-state index contributed by atoms with van der Waals surface area (Å²) in [6.07, 6.45) is 2.90. The smallest absolute Gasteiger partial charge is 0.161 e. The molecule has 1 aromatic rings. The van der Waals surface area contributed by atoms with Crippen LogP contribution in [0.15, 0.2) is 18.2 Å². The number of methoxy groups -OCH3 is 2. The average Bonchev–Trinajstić information content (AvgIpc) is 2.74. The lowest BCUT2D eigenvalue weighted by atomic mass is 9.83. The van der Waals surface area contributed by atoms with Crippen LogP contribution in [0.2, 0.25) is 0 Å². The molecule has 0 unspecified atom stereocenters. The summed E-state index contributed by atoms with van der Waals surface area (Å²) in [6.45, 7) is 12.6. The van der Waals surface area contributed by atoms with Crippen LogP contribution in [0.1, 0.15) is 59.4 Å². The van der Waals surface area contributed by atoms with Crippen LogP contribution in [-0.2, 0) is 11.2 Å². The van der Waals surface area contributed by atoms with Crippen LogP contribution in [0, 0.1) is 11.8 Å². The molecule has 0 saturated heterocycles. The number of ether oxygens (including phenoxy) is 3. The molecule has 1 rings (SSSR count). The molecule has 0 radical (unpaired) electrons. The van der Waals surface area contributed by atoms with Gasteiger partial charge in [0.05, 0.1) is 19.8 Å². The SMILES string of the molecule is CCC(C)(C)NC[C@H](O)[C@@H](N)C[C@H](Cc1ccc(OC)c(OCCCOC)c1)C(C)C. The zero-order chi connectivity index (χ0) is 23.4. The van der Waals surface area contributed by atoms with E-state index in [0.717, 1.165) is 37.2 Å². The van der Waals surface area contributed by atoms with Crippen molar-refractivity contribution in [3.8, 4) is 11.5 Å². The normalized spacial score (nSPS) is 15.0. The molecule has 0 aliphatic heterocycles. The van der Waals surface area contributed by atoms with E-state index < -0.39 is 6.10 Å². The minimum atomic E-state index is -0.567. The van der Waals surface area contributed by atoms with Crippen LogP contribution in [0.3, 0.4) is 0 Å². The third-order valence-corrected chi connectivity index (χ3v) is 6.16. The van der Waals surface area contributed by atoms with E-state index in [9.17, 15) is 5.11 Å². The predicted molar refractivity (Wildman–Crippen MR) is 128 cm³/mol. The molecular weight excluding hydrogens is 392 g/mol. The highest BCUT2D eigenvalue weighted by Gasteiger charge is 2.24. The Balaban J connectivity index is 2.76. The van der Waals surface area contributed by atoms with Gasteiger partial charge in [-0.3, -0.25) is 0 Å². The Morgan fingerprint density at radius 3 is 2.42 bits per heavy atom. The molecule has 6 heteroatoms. The number of nitrogens with two attached hydrogens (primary N) is 1. The number of aliphatic hydroxyl groups excluding tert-OH is 1. The molecule has 31 heavy (non-hydrogen) atoms. The van der Waals surface area contributed by atoms with Gasteiger partial charge in [0.25, 0.3) is 0 Å². The van der Waals surface area contributed by atoms with Gasteiger partial charge < -0.3 is 30.4 Å². The molecule has 180 valence electrons. The monoisotopic (exact) mass is 438 g/mol. The van der Waals surface area contributed by atoms with Gasteiger partial charge in [0, 0.05) is 38.3 Å². The van der Waals surface area contributed by atoms with E-state index in [2.05, 4.69) is 52.1 Å². The lowest BCUT2D eigenvalue weighted by molar-refractivity contribution is 0.115. The lowest BCUT2D eigenvalue weighted by Crippen LogP contribution is -2.49. The summed E-state index contributed by atoms with van der Waals surface area (Å²) in [5.74, 6) is 2.30. The van der Waals surface area contributed by atoms with Crippen molar-refractivity contribution in [3.05, 3.63) is 23.8 Å². The number of nitrogens with one attached hydrogen (secondary N) is 1. The highest BCUT2D eigenvalue weighted by molar-refractivity contribution is 5.43. The third-order valence-electron chi connectivity index (χ3n) is 6.16. The third kappa shape index (κ3) is 10.2. The van der Waals surface area contributed by atoms with Crippen molar-refractivity contribution in [2.24, 2.45) is 17.6 Å². The fraction of sp³-hybridized carbons (Fsp3) is 0.760. The molecule has 0 saturated carbocycles. The first-order valence-electron chi connectivity index (χ1n) is 11.6. The molecule has 0 aromatic heterocycles. The van der Waals surface area contributed by atoms with Gasteiger partial charge in [0.2, 0.25) is 0 Å². The van der Waals surface area contributed by atoms with Gasteiger partial charge in [0.15, 0.2) is 11.5 Å². The molecule has 3 atom stereocenters. The van der Waals surface area contributed by atoms with Crippen LogP contribution < -0.4 is 20.5 Å². The second-order valence-corrected chi connectivity index (χ2v) is 9.47. The van der Waals surface area contributed by atoms with Crippen molar-refractivity contribution in [1.29, 1.82) is 0 Å². The lowest BCUT2D eigenvalue weighted by Gasteiger charge is -2.30. The average molecular weight is 439 g/mol. The van der Waals surface area contributed by atoms with Crippen LogP contribution >= 0.6 is 0 Å². The van der Waals surface area contributed by atoms with Crippen molar-refractivity contribution in [3.63, 3.8) is 0 Å². The standard InChI is InChI=1S/C25H46N2O4/c1-8-25(4,5)27-17-22(28)21(26)16-20(18(2)3)14-19-10-11-23(30-7)24(15-19)31-13-9-12-29-6/h10-11,15,18,20-22,27-28H,8-9,12-14,16-17,26H2,1-7H3/t20-,21-,22-/m0/s1. The first kappa shape index (κ1) is 27.7. The molecule has 1 aromatic carbocycles. The quantitative estimate of drug-likeness (QED) is 0.341. The van der Waals surface area contributed by atoms with Gasteiger partial charge in [-0.25, -0.2) is 0 Å². The van der Waals surface area contributed by atoms with Crippen LogP contribution in [0.5, 0.6) is 11.5 Å². The Hall–Kier alpha value is -1.34. The number of β-amino-alcohol motifs (C(OH)–C–C–N with tert-alkyl or cyclic N) is 1. The Kier molecular flexibility index (Phi) is 12.5. The zero-order valence-corrected chi connectivity index (χ0v) is 20.7. The van der Waals surface area contributed by atoms with Gasteiger partial charge in [0.1, 0.15) is 0 Å². The maximum absolute atomic E-state index is 10.6. The van der Waals surface area contributed by atoms with Crippen molar-refractivity contribution in [2.75, 3.05) is 34.0 Å². The maximum atomic E-state index is 10.6. The fourth-order valence-electron chi connectivity index (χ4n) is 3.40. The Bertz CT molecular complexity index is 622. The van der Waals surface area contributed by atoms with E-state index in [4.69, 9.17) is 19.9 Å². The van der Waals surface area contributed by atoms with E-state index in [-0.39, 0.29) is 11.6 Å². The summed E-state index contributed by atoms with van der Waals surface area (Å²) in [6, 6.07) is 5.84. The minimum Gasteiger partial charge on any atom is -0.493 e. The summed E-state index contributed by atoms with van der Waals surface area (Å²) in [5.41, 5.74) is 7.59. The van der Waals surface area contributed by atoms with Gasteiger partial charge in [-0.15, -0.1) is 0 Å². The molecule has 0 bridgehead atoms. The molecule has 0 heterocycles. The summed E-state index contributed by atoms with van der Waals surface area (Å²) in [4.78, 5) is 0. The molecule has 0 spiro atoms. The molecule has 4 N–H and O–H groups in total. The summed E-state index contributed by atoms with van der Waals surface area (Å²) in [5, 5.41) is 14.0. The van der Waals surface area contributed by atoms with E-state index in [1.807, 2.05) is 6.07 Å². The van der Waals surface area contributed by atoms with Gasteiger partial charge >= 0.3 is 0 Å². The van der Waals surface area contributed by atoms with E-state index in [1.165, 1.54) is 5.56 Å². The Morgan fingerprint density at radius 1 is 1.13 bits per heavy atom. The number of benzene rings is 1. The Morgan fingerprint density at radius 2 is 1.84 bits per heavy atom. The molecular formula is C25H46N2O4. The number of hydrogen-bond donors (Lipinski definition) is 3. The van der Waals surface area contributed by atoms with Crippen LogP contribution in [0.25, 0.3) is 0 Å². The molecule has 0 amide bonds. The van der Waals surface area contributed by atoms with Crippen LogP contribution in [0.4, 0.5) is 0 Å². The first-order chi connectivity index (χ1) is 14.6. The number of rotatable bonds is 16. The van der Waals surface area contributed by atoms with Crippen molar-refractivity contribution in [1.82, 2.24) is 5.32 Å². The van der Waals surface area contributed by atoms with E-state index in [0.29, 0.717) is 31.6 Å². The fourth-order valence-corrected chi connectivity index (χ4v) is 3.40. The Labute approximate surface area is 189 Å². The largest absolute Gasteiger partial charge is 0.493 e. The second-order valence-electron chi connectivity index (χ2n) is 9.47. The molecule has 0 fully saturated rings. The predicted octanol–water partition coefficient (Wildman–Crippen LogP) is 3.78. The van der Waals surface area contributed by atoms with Gasteiger partial charge in [-0.1, -0.05) is 26.8 Å². The summed E-state index contributed by atoms with van der Waals surface area (Å²) < 4.78 is 16.5. The van der Waals surface area contributed by atoms with Crippen molar-refractivity contribution >= 4 is 0 Å². The second kappa shape index (κ2) is 13.9.